The molecule has 0 saturated carbocycles. The summed E-state index contributed by atoms with van der Waals surface area (Å²) in [6.07, 6.45) is 1.12. The number of furan rings is 1. The van der Waals surface area contributed by atoms with Crippen LogP contribution in [0.1, 0.15) is 23.4 Å². The third-order valence-electron chi connectivity index (χ3n) is 2.52. The summed E-state index contributed by atoms with van der Waals surface area (Å²) in [5.41, 5.74) is 0.573. The van der Waals surface area contributed by atoms with E-state index in [1.807, 2.05) is 12.1 Å². The van der Waals surface area contributed by atoms with Gasteiger partial charge in [0.2, 0.25) is 0 Å². The van der Waals surface area contributed by atoms with Crippen molar-refractivity contribution in [2.45, 2.75) is 12.8 Å². The highest BCUT2D eigenvalue weighted by Gasteiger charge is 2.13. The SMILES string of the molecule is COCCCC(=O)c1cc2cccc(Cl)c2o1. The van der Waals surface area contributed by atoms with Gasteiger partial charge in [0.25, 0.3) is 0 Å². The zero-order valence-electron chi connectivity index (χ0n) is 9.53. The number of hydrogen-bond donors (Lipinski definition) is 0. The third kappa shape index (κ3) is 2.68. The van der Waals surface area contributed by atoms with Crippen molar-refractivity contribution >= 4 is 28.4 Å². The van der Waals surface area contributed by atoms with E-state index >= 15 is 0 Å². The molecule has 0 amide bonds. The zero-order valence-corrected chi connectivity index (χ0v) is 10.3. The van der Waals surface area contributed by atoms with Gasteiger partial charge in [-0.2, -0.15) is 0 Å². The summed E-state index contributed by atoms with van der Waals surface area (Å²) in [5.74, 6) is 0.346. The van der Waals surface area contributed by atoms with Crippen LogP contribution in [0.5, 0.6) is 0 Å². The second-order valence-electron chi connectivity index (χ2n) is 3.79. The second kappa shape index (κ2) is 5.34. The molecule has 1 heterocycles. The van der Waals surface area contributed by atoms with E-state index in [0.29, 0.717) is 35.8 Å². The maximum atomic E-state index is 11.8. The molecule has 4 heteroatoms. The van der Waals surface area contributed by atoms with Crippen LogP contribution in [0.25, 0.3) is 11.0 Å². The van der Waals surface area contributed by atoms with Crippen LogP contribution in [0.3, 0.4) is 0 Å². The number of Topliss-reactive ketones (excluding diaryl/α,β-unsaturated/α-hetero) is 1. The normalized spacial score (nSPS) is 10.9. The molecule has 0 saturated heterocycles. The minimum atomic E-state index is -0.0192. The number of carbonyl (C=O) groups is 1. The summed E-state index contributed by atoms with van der Waals surface area (Å²) in [7, 11) is 1.62. The Morgan fingerprint density at radius 1 is 1.47 bits per heavy atom. The topological polar surface area (TPSA) is 39.4 Å². The molecule has 0 aliphatic carbocycles. The number of fused-ring (bicyclic) bond motifs is 1. The lowest BCUT2D eigenvalue weighted by Crippen LogP contribution is -1.99. The first kappa shape index (κ1) is 12.1. The molecule has 90 valence electrons. The lowest BCUT2D eigenvalue weighted by Gasteiger charge is -1.96. The maximum Gasteiger partial charge on any atom is 0.198 e. The molecule has 0 fully saturated rings. The van der Waals surface area contributed by atoms with E-state index in [4.69, 9.17) is 20.8 Å². The largest absolute Gasteiger partial charge is 0.451 e. The van der Waals surface area contributed by atoms with Crippen LogP contribution in [0.2, 0.25) is 5.02 Å². The molecule has 0 aliphatic rings. The van der Waals surface area contributed by atoms with Gasteiger partial charge in [-0.05, 0) is 18.6 Å². The molecule has 1 aromatic carbocycles. The van der Waals surface area contributed by atoms with Gasteiger partial charge >= 0.3 is 0 Å². The van der Waals surface area contributed by atoms with Gasteiger partial charge in [-0.1, -0.05) is 23.7 Å². The summed E-state index contributed by atoms with van der Waals surface area (Å²) < 4.78 is 10.4. The molecule has 0 N–H and O–H groups in total. The van der Waals surface area contributed by atoms with Crippen molar-refractivity contribution in [1.29, 1.82) is 0 Å². The highest BCUT2D eigenvalue weighted by molar-refractivity contribution is 6.34. The molecular weight excluding hydrogens is 240 g/mol. The number of para-hydroxylation sites is 1. The van der Waals surface area contributed by atoms with Crippen LogP contribution in [0.4, 0.5) is 0 Å². The van der Waals surface area contributed by atoms with E-state index in [1.54, 1.807) is 19.2 Å². The van der Waals surface area contributed by atoms with Crippen LogP contribution in [-0.2, 0) is 4.74 Å². The highest BCUT2D eigenvalue weighted by Crippen LogP contribution is 2.27. The number of benzene rings is 1. The molecule has 0 aliphatic heterocycles. The number of ether oxygens (including phenoxy) is 1. The Bertz CT molecular complexity index is 530. The Labute approximate surface area is 104 Å². The first-order chi connectivity index (χ1) is 8.22. The van der Waals surface area contributed by atoms with Gasteiger partial charge in [0.05, 0.1) is 5.02 Å². The summed E-state index contributed by atoms with van der Waals surface area (Å²) >= 11 is 5.98. The van der Waals surface area contributed by atoms with E-state index in [-0.39, 0.29) is 5.78 Å². The van der Waals surface area contributed by atoms with Gasteiger partial charge in [0, 0.05) is 25.5 Å². The van der Waals surface area contributed by atoms with Crippen LogP contribution in [0.15, 0.2) is 28.7 Å². The van der Waals surface area contributed by atoms with E-state index < -0.39 is 0 Å². The molecule has 0 bridgehead atoms. The number of halogens is 1. The summed E-state index contributed by atoms with van der Waals surface area (Å²) in [6.45, 7) is 0.576. The van der Waals surface area contributed by atoms with Crippen molar-refractivity contribution in [2.75, 3.05) is 13.7 Å². The van der Waals surface area contributed by atoms with E-state index in [1.165, 1.54) is 0 Å². The predicted molar refractivity (Wildman–Crippen MR) is 66.7 cm³/mol. The number of methoxy groups -OCH3 is 1. The van der Waals surface area contributed by atoms with Gasteiger partial charge in [0.15, 0.2) is 17.1 Å². The first-order valence-electron chi connectivity index (χ1n) is 5.42. The van der Waals surface area contributed by atoms with Crippen LogP contribution < -0.4 is 0 Å². The summed E-state index contributed by atoms with van der Waals surface area (Å²) in [4.78, 5) is 11.8. The van der Waals surface area contributed by atoms with Crippen molar-refractivity contribution < 1.29 is 13.9 Å². The van der Waals surface area contributed by atoms with Crippen molar-refractivity contribution in [3.8, 4) is 0 Å². The smallest absolute Gasteiger partial charge is 0.198 e. The Kier molecular flexibility index (Phi) is 3.82. The van der Waals surface area contributed by atoms with Crippen molar-refractivity contribution in [1.82, 2.24) is 0 Å². The Morgan fingerprint density at radius 2 is 2.29 bits per heavy atom. The Morgan fingerprint density at radius 3 is 3.00 bits per heavy atom. The first-order valence-corrected chi connectivity index (χ1v) is 5.80. The minimum absolute atomic E-state index is 0.0192. The number of rotatable bonds is 5. The third-order valence-corrected chi connectivity index (χ3v) is 2.82. The van der Waals surface area contributed by atoms with Gasteiger partial charge in [-0.25, -0.2) is 0 Å². The monoisotopic (exact) mass is 252 g/mol. The fraction of sp³-hybridized carbons (Fsp3) is 0.308. The fourth-order valence-electron chi connectivity index (χ4n) is 1.67. The fourth-order valence-corrected chi connectivity index (χ4v) is 1.89. The molecule has 17 heavy (non-hydrogen) atoms. The van der Waals surface area contributed by atoms with Gasteiger partial charge in [-0.15, -0.1) is 0 Å². The molecule has 2 rings (SSSR count). The van der Waals surface area contributed by atoms with Gasteiger partial charge in [0.1, 0.15) is 0 Å². The van der Waals surface area contributed by atoms with Crippen molar-refractivity contribution in [2.24, 2.45) is 0 Å². The zero-order chi connectivity index (χ0) is 12.3. The van der Waals surface area contributed by atoms with Crippen molar-refractivity contribution in [3.63, 3.8) is 0 Å². The quantitative estimate of drug-likeness (QED) is 0.602. The molecule has 0 atom stereocenters. The molecule has 0 radical (unpaired) electrons. The highest BCUT2D eigenvalue weighted by atomic mass is 35.5. The van der Waals surface area contributed by atoms with Gasteiger partial charge in [-0.3, -0.25) is 4.79 Å². The van der Waals surface area contributed by atoms with E-state index in [9.17, 15) is 4.79 Å². The average Bonchev–Trinajstić information content (AvgIpc) is 2.75. The maximum absolute atomic E-state index is 11.8. The van der Waals surface area contributed by atoms with E-state index in [2.05, 4.69) is 0 Å². The van der Waals surface area contributed by atoms with Crippen molar-refractivity contribution in [3.05, 3.63) is 35.0 Å². The number of carbonyl (C=O) groups excluding carboxylic acids is 1. The molecular formula is C13H13ClO3. The molecule has 0 spiro atoms. The molecule has 0 unspecified atom stereocenters. The van der Waals surface area contributed by atoms with Crippen LogP contribution in [-0.4, -0.2) is 19.5 Å². The van der Waals surface area contributed by atoms with Crippen LogP contribution in [0, 0.1) is 0 Å². The summed E-state index contributed by atoms with van der Waals surface area (Å²) in [5, 5.41) is 1.38. The average molecular weight is 253 g/mol. The predicted octanol–water partition coefficient (Wildman–Crippen LogP) is 3.70. The Balaban J connectivity index is 2.19. The minimum Gasteiger partial charge on any atom is -0.451 e. The number of hydrogen-bond acceptors (Lipinski definition) is 3. The lowest BCUT2D eigenvalue weighted by molar-refractivity contribution is 0.0939. The molecule has 1 aromatic heterocycles. The van der Waals surface area contributed by atoms with Gasteiger partial charge < -0.3 is 9.15 Å². The van der Waals surface area contributed by atoms with Crippen LogP contribution >= 0.6 is 11.6 Å². The summed E-state index contributed by atoms with van der Waals surface area (Å²) in [6, 6.07) is 7.18. The molecule has 2 aromatic rings. The molecule has 3 nitrogen and oxygen atoms in total. The standard InChI is InChI=1S/C13H13ClO3/c1-16-7-3-6-11(15)12-8-9-4-2-5-10(14)13(9)17-12/h2,4-5,8H,3,6-7H2,1H3. The Hall–Kier alpha value is -1.32. The van der Waals surface area contributed by atoms with E-state index in [0.717, 1.165) is 5.39 Å². The number of ketones is 1. The second-order valence-corrected chi connectivity index (χ2v) is 4.20. The lowest BCUT2D eigenvalue weighted by atomic mass is 10.2.